The van der Waals surface area contributed by atoms with E-state index in [0.717, 1.165) is 32.2 Å². The van der Waals surface area contributed by atoms with Gasteiger partial charge in [0.1, 0.15) is 0 Å². The third-order valence-electron chi connectivity index (χ3n) is 4.49. The van der Waals surface area contributed by atoms with E-state index in [2.05, 4.69) is 33.0 Å². The molecule has 0 bridgehead atoms. The number of hydrogen-bond donors (Lipinski definition) is 2. The van der Waals surface area contributed by atoms with Crippen LogP contribution >= 0.6 is 12.2 Å². The van der Waals surface area contributed by atoms with Crippen molar-refractivity contribution in [1.82, 2.24) is 5.32 Å². The summed E-state index contributed by atoms with van der Waals surface area (Å²) < 4.78 is 0. The van der Waals surface area contributed by atoms with Gasteiger partial charge < -0.3 is 11.1 Å². The van der Waals surface area contributed by atoms with Crippen LogP contribution in [0.15, 0.2) is 0 Å². The molecule has 0 aromatic rings. The number of rotatable bonds is 8. The fourth-order valence-electron chi connectivity index (χ4n) is 2.87. The van der Waals surface area contributed by atoms with E-state index in [1.54, 1.807) is 0 Å². The maximum Gasteiger partial charge on any atom is 0.233 e. The Morgan fingerprint density at radius 1 is 1.37 bits per heavy atom. The van der Waals surface area contributed by atoms with Crippen molar-refractivity contribution in [2.75, 3.05) is 6.54 Å². The Morgan fingerprint density at radius 2 is 1.84 bits per heavy atom. The molecule has 0 spiro atoms. The number of carbonyl (C=O) groups excluding carboxylic acids is 1. The molecule has 1 aliphatic rings. The van der Waals surface area contributed by atoms with Gasteiger partial charge in [0.25, 0.3) is 0 Å². The highest BCUT2D eigenvalue weighted by Crippen LogP contribution is 2.51. The standard InChI is InChI=1S/C15H28N2OS/c1-5-7-15(8-6-2,12(16)19)13(18)17-10-11-9-14(11,3)4/h11H,5-10H2,1-4H3,(H2,16,19)(H,17,18). The normalized spacial score (nSPS) is 20.9. The van der Waals surface area contributed by atoms with Crippen molar-refractivity contribution in [1.29, 1.82) is 0 Å². The van der Waals surface area contributed by atoms with E-state index >= 15 is 0 Å². The summed E-state index contributed by atoms with van der Waals surface area (Å²) in [5.74, 6) is 0.634. The van der Waals surface area contributed by atoms with Crippen molar-refractivity contribution >= 4 is 23.1 Å². The smallest absolute Gasteiger partial charge is 0.233 e. The summed E-state index contributed by atoms with van der Waals surface area (Å²) in [5, 5.41) is 3.09. The number of nitrogens with two attached hydrogens (primary N) is 1. The van der Waals surface area contributed by atoms with Gasteiger partial charge in [0.15, 0.2) is 0 Å². The van der Waals surface area contributed by atoms with E-state index in [1.807, 2.05) is 0 Å². The molecule has 0 heterocycles. The summed E-state index contributed by atoms with van der Waals surface area (Å²) in [5.41, 5.74) is 5.63. The average molecular weight is 284 g/mol. The molecule has 1 atom stereocenters. The predicted molar refractivity (Wildman–Crippen MR) is 83.9 cm³/mol. The molecule has 1 amide bonds. The summed E-state index contributed by atoms with van der Waals surface area (Å²) in [7, 11) is 0. The molecule has 1 rings (SSSR count). The Balaban J connectivity index is 2.68. The van der Waals surface area contributed by atoms with E-state index in [-0.39, 0.29) is 5.91 Å². The molecule has 1 unspecified atom stereocenters. The van der Waals surface area contributed by atoms with Gasteiger partial charge in [0.05, 0.1) is 10.4 Å². The van der Waals surface area contributed by atoms with Gasteiger partial charge in [-0.25, -0.2) is 0 Å². The van der Waals surface area contributed by atoms with Gasteiger partial charge in [0.2, 0.25) is 5.91 Å². The zero-order valence-corrected chi connectivity index (χ0v) is 13.5. The van der Waals surface area contributed by atoms with Crippen LogP contribution in [0.4, 0.5) is 0 Å². The fourth-order valence-corrected chi connectivity index (χ4v) is 3.17. The first kappa shape index (κ1) is 16.4. The van der Waals surface area contributed by atoms with Crippen LogP contribution in [0.1, 0.15) is 59.8 Å². The molecule has 1 fully saturated rings. The SMILES string of the molecule is CCCC(CCC)(C(=O)NCC1CC1(C)C)C(N)=S. The lowest BCUT2D eigenvalue weighted by Gasteiger charge is -2.31. The van der Waals surface area contributed by atoms with Gasteiger partial charge in [-0.2, -0.15) is 0 Å². The van der Waals surface area contributed by atoms with E-state index in [4.69, 9.17) is 18.0 Å². The number of carbonyl (C=O) groups is 1. The van der Waals surface area contributed by atoms with Crippen molar-refractivity contribution in [2.24, 2.45) is 22.5 Å². The van der Waals surface area contributed by atoms with E-state index in [0.29, 0.717) is 16.3 Å². The molecule has 4 heteroatoms. The number of amides is 1. The predicted octanol–water partition coefficient (Wildman–Crippen LogP) is 3.02. The first-order chi connectivity index (χ1) is 8.80. The number of thiocarbonyl (C=S) groups is 1. The lowest BCUT2D eigenvalue weighted by atomic mass is 9.78. The summed E-state index contributed by atoms with van der Waals surface area (Å²) in [6, 6.07) is 0. The van der Waals surface area contributed by atoms with Crippen LogP contribution in [0.5, 0.6) is 0 Å². The average Bonchev–Trinajstić information content (AvgIpc) is 2.93. The van der Waals surface area contributed by atoms with Crippen LogP contribution in [-0.2, 0) is 4.79 Å². The zero-order valence-electron chi connectivity index (χ0n) is 12.7. The van der Waals surface area contributed by atoms with Gasteiger partial charge in [-0.15, -0.1) is 0 Å². The van der Waals surface area contributed by atoms with Gasteiger partial charge in [-0.1, -0.05) is 52.8 Å². The Kier molecular flexibility index (Phi) is 5.36. The summed E-state index contributed by atoms with van der Waals surface area (Å²) in [4.78, 5) is 12.9. The molecular formula is C15H28N2OS. The number of nitrogens with one attached hydrogen (secondary N) is 1. The molecule has 1 aliphatic carbocycles. The fraction of sp³-hybridized carbons (Fsp3) is 0.867. The molecule has 3 N–H and O–H groups in total. The van der Waals surface area contributed by atoms with Crippen LogP contribution < -0.4 is 11.1 Å². The third kappa shape index (κ3) is 3.68. The quantitative estimate of drug-likeness (QED) is 0.674. The molecular weight excluding hydrogens is 256 g/mol. The molecule has 1 saturated carbocycles. The molecule has 0 saturated heterocycles. The Hall–Kier alpha value is -0.640. The molecule has 0 radical (unpaired) electrons. The third-order valence-corrected chi connectivity index (χ3v) is 4.88. The largest absolute Gasteiger partial charge is 0.392 e. The lowest BCUT2D eigenvalue weighted by molar-refractivity contribution is -0.128. The highest BCUT2D eigenvalue weighted by molar-refractivity contribution is 7.80. The highest BCUT2D eigenvalue weighted by Gasteiger charge is 2.46. The van der Waals surface area contributed by atoms with Crippen molar-refractivity contribution in [3.63, 3.8) is 0 Å². The number of hydrogen-bond acceptors (Lipinski definition) is 2. The second-order valence-corrected chi connectivity index (χ2v) is 6.99. The molecule has 3 nitrogen and oxygen atoms in total. The van der Waals surface area contributed by atoms with Gasteiger partial charge in [0, 0.05) is 6.54 Å². The molecule has 0 aliphatic heterocycles. The van der Waals surface area contributed by atoms with Crippen molar-refractivity contribution in [3.05, 3.63) is 0 Å². The van der Waals surface area contributed by atoms with Gasteiger partial charge in [-0.05, 0) is 30.6 Å². The first-order valence-electron chi connectivity index (χ1n) is 7.38. The van der Waals surface area contributed by atoms with Crippen LogP contribution in [0, 0.1) is 16.7 Å². The molecule has 110 valence electrons. The molecule has 19 heavy (non-hydrogen) atoms. The topological polar surface area (TPSA) is 55.1 Å². The monoisotopic (exact) mass is 284 g/mol. The van der Waals surface area contributed by atoms with Crippen molar-refractivity contribution in [3.8, 4) is 0 Å². The molecule has 0 aromatic carbocycles. The maximum atomic E-state index is 12.6. The van der Waals surface area contributed by atoms with Crippen LogP contribution in [0.2, 0.25) is 0 Å². The summed E-state index contributed by atoms with van der Waals surface area (Å²) in [6.07, 6.45) is 4.51. The Bertz CT molecular complexity index is 346. The Morgan fingerprint density at radius 3 is 2.16 bits per heavy atom. The van der Waals surface area contributed by atoms with E-state index in [9.17, 15) is 4.79 Å². The second kappa shape index (κ2) is 6.21. The van der Waals surface area contributed by atoms with Gasteiger partial charge >= 0.3 is 0 Å². The van der Waals surface area contributed by atoms with Crippen molar-refractivity contribution in [2.45, 2.75) is 59.8 Å². The first-order valence-corrected chi connectivity index (χ1v) is 7.79. The summed E-state index contributed by atoms with van der Waals surface area (Å²) >= 11 is 5.19. The van der Waals surface area contributed by atoms with E-state index in [1.165, 1.54) is 6.42 Å². The lowest BCUT2D eigenvalue weighted by Crippen LogP contribution is -2.49. The zero-order chi connectivity index (χ0) is 14.7. The minimum absolute atomic E-state index is 0.0337. The van der Waals surface area contributed by atoms with Crippen LogP contribution in [0.25, 0.3) is 0 Å². The van der Waals surface area contributed by atoms with Gasteiger partial charge in [-0.3, -0.25) is 4.79 Å². The second-order valence-electron chi connectivity index (χ2n) is 6.55. The van der Waals surface area contributed by atoms with Crippen LogP contribution in [0.3, 0.4) is 0 Å². The molecule has 0 aromatic heterocycles. The minimum atomic E-state index is -0.641. The maximum absolute atomic E-state index is 12.6. The highest BCUT2D eigenvalue weighted by atomic mass is 32.1. The Labute approximate surface area is 122 Å². The van der Waals surface area contributed by atoms with E-state index < -0.39 is 5.41 Å². The minimum Gasteiger partial charge on any atom is -0.392 e. The summed E-state index contributed by atoms with van der Waals surface area (Å²) in [6.45, 7) is 9.37. The van der Waals surface area contributed by atoms with Crippen LogP contribution in [-0.4, -0.2) is 17.4 Å². The van der Waals surface area contributed by atoms with Crippen molar-refractivity contribution < 1.29 is 4.79 Å².